The van der Waals surface area contributed by atoms with Gasteiger partial charge in [-0.2, -0.15) is 0 Å². The Morgan fingerprint density at radius 3 is 2.67 bits per heavy atom. The van der Waals surface area contributed by atoms with E-state index in [1.165, 1.54) is 17.0 Å². The van der Waals surface area contributed by atoms with Crippen LogP contribution >= 0.6 is 0 Å². The van der Waals surface area contributed by atoms with Gasteiger partial charge in [-0.25, -0.2) is 0 Å². The average Bonchev–Trinajstić information content (AvgIpc) is 2.36. The van der Waals surface area contributed by atoms with Crippen molar-refractivity contribution in [2.45, 2.75) is 19.9 Å². The van der Waals surface area contributed by atoms with Gasteiger partial charge >= 0.3 is 0 Å². The van der Waals surface area contributed by atoms with E-state index in [2.05, 4.69) is 0 Å². The number of rotatable bonds is 4. The second-order valence-electron chi connectivity index (χ2n) is 4.20. The number of nitro benzene ring substituents is 1. The minimum atomic E-state index is -0.536. The van der Waals surface area contributed by atoms with Crippen LogP contribution in [0.4, 0.5) is 5.69 Å². The number of likely N-dealkylation sites (N-methyl/N-ethyl adjacent to an activating group) is 1. The fourth-order valence-corrected chi connectivity index (χ4v) is 1.47. The highest BCUT2D eigenvalue weighted by atomic mass is 16.6. The molecule has 0 spiro atoms. The van der Waals surface area contributed by atoms with Gasteiger partial charge in [-0.15, -0.1) is 0 Å². The number of non-ortho nitro benzene ring substituents is 1. The molecule has 6 nitrogen and oxygen atoms in total. The normalized spacial score (nSPS) is 12.0. The predicted molar refractivity (Wildman–Crippen MR) is 66.5 cm³/mol. The van der Waals surface area contributed by atoms with Gasteiger partial charge in [0.15, 0.2) is 0 Å². The molecule has 1 amide bonds. The first kappa shape index (κ1) is 14.1. The van der Waals surface area contributed by atoms with Crippen molar-refractivity contribution in [3.05, 3.63) is 39.4 Å². The molecule has 1 aromatic carbocycles. The van der Waals surface area contributed by atoms with E-state index in [4.69, 9.17) is 5.11 Å². The zero-order chi connectivity index (χ0) is 13.9. The number of aliphatic hydroxyl groups excluding tert-OH is 1. The van der Waals surface area contributed by atoms with Crippen molar-refractivity contribution < 1.29 is 14.8 Å². The van der Waals surface area contributed by atoms with Crippen LogP contribution in [0.25, 0.3) is 0 Å². The van der Waals surface area contributed by atoms with Crippen molar-refractivity contribution >= 4 is 11.6 Å². The van der Waals surface area contributed by atoms with E-state index < -0.39 is 4.92 Å². The van der Waals surface area contributed by atoms with Crippen LogP contribution in [0.3, 0.4) is 0 Å². The minimum absolute atomic E-state index is 0.117. The van der Waals surface area contributed by atoms with Gasteiger partial charge in [0, 0.05) is 24.7 Å². The third kappa shape index (κ3) is 2.84. The van der Waals surface area contributed by atoms with Crippen molar-refractivity contribution in [2.24, 2.45) is 0 Å². The van der Waals surface area contributed by atoms with Gasteiger partial charge in [-0.3, -0.25) is 14.9 Å². The fourth-order valence-electron chi connectivity index (χ4n) is 1.47. The number of hydrogen-bond acceptors (Lipinski definition) is 4. The lowest BCUT2D eigenvalue weighted by molar-refractivity contribution is -0.384. The van der Waals surface area contributed by atoms with E-state index in [9.17, 15) is 14.9 Å². The molecular formula is C12H16N2O4. The second kappa shape index (κ2) is 5.59. The molecule has 0 aliphatic rings. The van der Waals surface area contributed by atoms with Crippen LogP contribution in [0.15, 0.2) is 18.2 Å². The fraction of sp³-hybridized carbons (Fsp3) is 0.417. The first-order valence-corrected chi connectivity index (χ1v) is 5.51. The van der Waals surface area contributed by atoms with Gasteiger partial charge < -0.3 is 10.0 Å². The number of carbonyl (C=O) groups excluding carboxylic acids is 1. The molecule has 1 aromatic rings. The van der Waals surface area contributed by atoms with Crippen LogP contribution in [0.1, 0.15) is 22.8 Å². The highest BCUT2D eigenvalue weighted by Gasteiger charge is 2.20. The number of benzene rings is 1. The molecule has 0 heterocycles. The zero-order valence-electron chi connectivity index (χ0n) is 10.6. The summed E-state index contributed by atoms with van der Waals surface area (Å²) in [5.74, 6) is -0.335. The summed E-state index contributed by atoms with van der Waals surface area (Å²) in [6.07, 6.45) is 0. The highest BCUT2D eigenvalue weighted by Crippen LogP contribution is 2.19. The van der Waals surface area contributed by atoms with Crippen molar-refractivity contribution in [1.82, 2.24) is 4.90 Å². The maximum Gasteiger partial charge on any atom is 0.270 e. The van der Waals surface area contributed by atoms with Gasteiger partial charge in [0.25, 0.3) is 11.6 Å². The molecule has 1 N–H and O–H groups in total. The van der Waals surface area contributed by atoms with E-state index >= 15 is 0 Å². The topological polar surface area (TPSA) is 83.7 Å². The maximum atomic E-state index is 12.1. The second-order valence-corrected chi connectivity index (χ2v) is 4.20. The van der Waals surface area contributed by atoms with Crippen molar-refractivity contribution in [2.75, 3.05) is 13.7 Å². The van der Waals surface area contributed by atoms with Crippen molar-refractivity contribution in [1.29, 1.82) is 0 Å². The number of amides is 1. The maximum absolute atomic E-state index is 12.1. The van der Waals surface area contributed by atoms with Crippen LogP contribution in [0.5, 0.6) is 0 Å². The zero-order valence-corrected chi connectivity index (χ0v) is 10.6. The Bertz CT molecular complexity index is 473. The summed E-state index contributed by atoms with van der Waals surface area (Å²) in [6.45, 7) is 3.26. The molecule has 1 atom stereocenters. The summed E-state index contributed by atoms with van der Waals surface area (Å²) in [4.78, 5) is 23.7. The number of aliphatic hydroxyl groups is 1. The smallest absolute Gasteiger partial charge is 0.270 e. The lowest BCUT2D eigenvalue weighted by Crippen LogP contribution is -2.37. The van der Waals surface area contributed by atoms with E-state index in [0.29, 0.717) is 5.56 Å². The first-order valence-electron chi connectivity index (χ1n) is 5.51. The Labute approximate surface area is 105 Å². The molecule has 1 unspecified atom stereocenters. The molecule has 0 bridgehead atoms. The predicted octanol–water partition coefficient (Wildman–Crippen LogP) is 1.36. The molecule has 0 aromatic heterocycles. The SMILES string of the molecule is Cc1ccc([N+](=O)[O-])cc1C(=O)N(C)C(C)CO. The molecule has 1 rings (SSSR count). The monoisotopic (exact) mass is 252 g/mol. The number of carbonyl (C=O) groups is 1. The highest BCUT2D eigenvalue weighted by molar-refractivity contribution is 5.96. The summed E-state index contributed by atoms with van der Waals surface area (Å²) >= 11 is 0. The molecule has 6 heteroatoms. The van der Waals surface area contributed by atoms with Crippen LogP contribution in [-0.4, -0.2) is 40.5 Å². The van der Waals surface area contributed by atoms with E-state index in [1.54, 1.807) is 27.0 Å². The van der Waals surface area contributed by atoms with Crippen LogP contribution in [0.2, 0.25) is 0 Å². The standard InChI is InChI=1S/C12H16N2O4/c1-8-4-5-10(14(17)18)6-11(8)12(16)13(3)9(2)7-15/h4-6,9,15H,7H2,1-3H3. The molecule has 0 aliphatic carbocycles. The summed E-state index contributed by atoms with van der Waals surface area (Å²) in [5, 5.41) is 19.7. The van der Waals surface area contributed by atoms with Crippen molar-refractivity contribution in [3.8, 4) is 0 Å². The molecular weight excluding hydrogens is 236 g/mol. The van der Waals surface area contributed by atoms with Gasteiger partial charge in [-0.1, -0.05) is 6.07 Å². The van der Waals surface area contributed by atoms with Gasteiger partial charge in [0.05, 0.1) is 17.6 Å². The van der Waals surface area contributed by atoms with E-state index in [1.807, 2.05) is 0 Å². The third-order valence-corrected chi connectivity index (χ3v) is 2.91. The Hall–Kier alpha value is -1.95. The van der Waals surface area contributed by atoms with Crippen LogP contribution in [0, 0.1) is 17.0 Å². The molecule has 18 heavy (non-hydrogen) atoms. The Balaban J connectivity index is 3.12. The lowest BCUT2D eigenvalue weighted by atomic mass is 10.1. The molecule has 0 aliphatic heterocycles. The first-order chi connectivity index (χ1) is 8.38. The number of nitrogens with zero attached hydrogens (tertiary/aromatic N) is 2. The largest absolute Gasteiger partial charge is 0.394 e. The quantitative estimate of drug-likeness (QED) is 0.647. The molecule has 0 saturated heterocycles. The Morgan fingerprint density at radius 2 is 2.17 bits per heavy atom. The lowest BCUT2D eigenvalue weighted by Gasteiger charge is -2.23. The van der Waals surface area contributed by atoms with Gasteiger partial charge in [0.1, 0.15) is 0 Å². The average molecular weight is 252 g/mol. The van der Waals surface area contributed by atoms with Crippen LogP contribution in [-0.2, 0) is 0 Å². The molecule has 0 saturated carbocycles. The summed E-state index contributed by atoms with van der Waals surface area (Å²) < 4.78 is 0. The van der Waals surface area contributed by atoms with Crippen LogP contribution < -0.4 is 0 Å². The number of nitro groups is 1. The number of aryl methyl sites for hydroxylation is 1. The molecule has 0 radical (unpaired) electrons. The van der Waals surface area contributed by atoms with E-state index in [-0.39, 0.29) is 29.8 Å². The third-order valence-electron chi connectivity index (χ3n) is 2.91. The Kier molecular flexibility index (Phi) is 4.38. The minimum Gasteiger partial charge on any atom is -0.394 e. The molecule has 98 valence electrons. The van der Waals surface area contributed by atoms with E-state index in [0.717, 1.165) is 0 Å². The number of hydrogen-bond donors (Lipinski definition) is 1. The van der Waals surface area contributed by atoms with Gasteiger partial charge in [-0.05, 0) is 19.4 Å². The molecule has 0 fully saturated rings. The van der Waals surface area contributed by atoms with Crippen molar-refractivity contribution in [3.63, 3.8) is 0 Å². The summed E-state index contributed by atoms with van der Waals surface area (Å²) in [6, 6.07) is 3.83. The Morgan fingerprint density at radius 1 is 1.56 bits per heavy atom. The summed E-state index contributed by atoms with van der Waals surface area (Å²) in [5.41, 5.74) is 0.837. The summed E-state index contributed by atoms with van der Waals surface area (Å²) in [7, 11) is 1.56. The van der Waals surface area contributed by atoms with Gasteiger partial charge in [0.2, 0.25) is 0 Å².